The number of hydrogen-bond donors (Lipinski definition) is 0. The lowest BCUT2D eigenvalue weighted by molar-refractivity contribution is 0.631. The van der Waals surface area contributed by atoms with Crippen molar-refractivity contribution in [3.05, 3.63) is 146 Å². The van der Waals surface area contributed by atoms with Gasteiger partial charge in [-0.3, -0.25) is 0 Å². The summed E-state index contributed by atoms with van der Waals surface area (Å²) in [5.74, 6) is 1.79. The lowest BCUT2D eigenvalue weighted by Crippen LogP contribution is -1.80. The SMILES string of the molecule is c1cc(-c2ccc3sc4c5cc(-c6cccc(-c7cc8ccccc8o7)c6)ccc5sc4c3c2)cc(-c2cc3ccccc3o2)c1. The predicted molar refractivity (Wildman–Crippen MR) is 196 cm³/mol. The molecule has 0 saturated carbocycles. The summed E-state index contributed by atoms with van der Waals surface area (Å²) in [5, 5.41) is 4.89. The number of rotatable bonds is 4. The Bertz CT molecular complexity index is 2510. The van der Waals surface area contributed by atoms with Crippen LogP contribution < -0.4 is 0 Å². The largest absolute Gasteiger partial charge is 0.456 e. The molecular weight excluding hydrogens is 601 g/mol. The molecule has 4 heterocycles. The fourth-order valence-electron chi connectivity index (χ4n) is 6.57. The van der Waals surface area contributed by atoms with Crippen LogP contribution in [0, 0.1) is 0 Å². The molecule has 10 aromatic rings. The van der Waals surface area contributed by atoms with E-state index >= 15 is 0 Å². The van der Waals surface area contributed by atoms with Gasteiger partial charge in [-0.15, -0.1) is 22.7 Å². The molecule has 6 aromatic carbocycles. The van der Waals surface area contributed by atoms with Gasteiger partial charge in [0.25, 0.3) is 0 Å². The van der Waals surface area contributed by atoms with Crippen molar-refractivity contribution in [2.24, 2.45) is 0 Å². The maximum atomic E-state index is 6.18. The molecule has 4 heteroatoms. The van der Waals surface area contributed by atoms with Gasteiger partial charge < -0.3 is 8.83 Å². The van der Waals surface area contributed by atoms with Crippen molar-refractivity contribution in [2.45, 2.75) is 0 Å². The van der Waals surface area contributed by atoms with Crippen LogP contribution in [-0.2, 0) is 0 Å². The highest BCUT2D eigenvalue weighted by molar-refractivity contribution is 7.36. The van der Waals surface area contributed by atoms with Crippen LogP contribution in [0.1, 0.15) is 0 Å². The molecule has 0 atom stereocenters. The summed E-state index contributed by atoms with van der Waals surface area (Å²) in [6, 6.07) is 51.7. The first-order valence-electron chi connectivity index (χ1n) is 15.3. The molecule has 0 bridgehead atoms. The molecular formula is C42H24O2S2. The Hall–Kier alpha value is -5.42. The third-order valence-corrected chi connectivity index (χ3v) is 11.4. The minimum absolute atomic E-state index is 0.894. The molecule has 0 N–H and O–H groups in total. The van der Waals surface area contributed by atoms with Gasteiger partial charge in [0.1, 0.15) is 22.7 Å². The fraction of sp³-hybridized carbons (Fsp3) is 0. The van der Waals surface area contributed by atoms with E-state index < -0.39 is 0 Å². The van der Waals surface area contributed by atoms with Gasteiger partial charge in [-0.25, -0.2) is 0 Å². The summed E-state index contributed by atoms with van der Waals surface area (Å²) in [6.45, 7) is 0. The highest BCUT2D eigenvalue weighted by Gasteiger charge is 2.15. The van der Waals surface area contributed by atoms with Gasteiger partial charge in [0.15, 0.2) is 0 Å². The third-order valence-electron chi connectivity index (χ3n) is 8.89. The molecule has 0 unspecified atom stereocenters. The molecule has 4 aromatic heterocycles. The van der Waals surface area contributed by atoms with Crippen molar-refractivity contribution in [3.8, 4) is 44.9 Å². The Morgan fingerprint density at radius 3 is 1.26 bits per heavy atom. The number of furan rings is 2. The standard InChI is InChI=1S/C42H24O2S2/c1-3-13-35-31(7-1)23-37(43-35)29-11-5-9-25(19-29)27-15-17-39-33(21-27)41-42(45-39)34-22-28(16-18-40(34)46-41)26-10-6-12-30(20-26)38-24-32-8-2-4-14-36(32)44-38/h1-24H. The Balaban J connectivity index is 1.04. The molecule has 10 rings (SSSR count). The van der Waals surface area contributed by atoms with Crippen molar-refractivity contribution < 1.29 is 8.83 Å². The van der Waals surface area contributed by atoms with Crippen LogP contribution in [0.25, 0.3) is 96.4 Å². The van der Waals surface area contributed by atoms with Crippen molar-refractivity contribution >= 4 is 74.2 Å². The van der Waals surface area contributed by atoms with E-state index in [2.05, 4.69) is 109 Å². The van der Waals surface area contributed by atoms with E-state index in [-0.39, 0.29) is 0 Å². The van der Waals surface area contributed by atoms with Gasteiger partial charge in [-0.05, 0) is 82.9 Å². The van der Waals surface area contributed by atoms with E-state index in [4.69, 9.17) is 8.83 Å². The first-order valence-corrected chi connectivity index (χ1v) is 16.9. The second-order valence-corrected chi connectivity index (χ2v) is 13.8. The second kappa shape index (κ2) is 10.0. The molecule has 0 amide bonds. The zero-order chi connectivity index (χ0) is 30.2. The number of benzene rings is 6. The lowest BCUT2D eigenvalue weighted by atomic mass is 10.0. The van der Waals surface area contributed by atoms with Gasteiger partial charge in [-0.2, -0.15) is 0 Å². The van der Waals surface area contributed by atoms with Crippen LogP contribution in [0.3, 0.4) is 0 Å². The van der Waals surface area contributed by atoms with Crippen molar-refractivity contribution in [2.75, 3.05) is 0 Å². The van der Waals surface area contributed by atoms with Crippen LogP contribution >= 0.6 is 22.7 Å². The van der Waals surface area contributed by atoms with Gasteiger partial charge in [-0.1, -0.05) is 84.9 Å². The maximum absolute atomic E-state index is 6.18. The molecule has 0 spiro atoms. The van der Waals surface area contributed by atoms with Gasteiger partial charge in [0, 0.05) is 42.1 Å². The normalized spacial score (nSPS) is 11.9. The summed E-state index contributed by atoms with van der Waals surface area (Å²) < 4.78 is 17.7. The molecule has 46 heavy (non-hydrogen) atoms. The van der Waals surface area contributed by atoms with Gasteiger partial charge in [0.05, 0.1) is 9.40 Å². The first-order chi connectivity index (χ1) is 22.7. The predicted octanol–water partition coefficient (Wildman–Crippen LogP) is 13.4. The molecule has 216 valence electrons. The molecule has 0 aliphatic carbocycles. The van der Waals surface area contributed by atoms with Crippen LogP contribution in [0.5, 0.6) is 0 Å². The fourth-order valence-corrected chi connectivity index (χ4v) is 9.17. The number of hydrogen-bond acceptors (Lipinski definition) is 4. The van der Waals surface area contributed by atoms with E-state index in [1.165, 1.54) is 51.8 Å². The van der Waals surface area contributed by atoms with E-state index in [1.54, 1.807) is 0 Å². The third kappa shape index (κ3) is 4.15. The number of para-hydroxylation sites is 2. The summed E-state index contributed by atoms with van der Waals surface area (Å²) in [7, 11) is 0. The highest BCUT2D eigenvalue weighted by atomic mass is 32.1. The monoisotopic (exact) mass is 624 g/mol. The first kappa shape index (κ1) is 25.9. The average Bonchev–Trinajstić information content (AvgIpc) is 3.89. The van der Waals surface area contributed by atoms with E-state index in [1.807, 2.05) is 59.1 Å². The smallest absolute Gasteiger partial charge is 0.135 e. The average molecular weight is 625 g/mol. The summed E-state index contributed by atoms with van der Waals surface area (Å²) in [6.07, 6.45) is 0. The van der Waals surface area contributed by atoms with Crippen LogP contribution in [0.15, 0.2) is 154 Å². The van der Waals surface area contributed by atoms with Crippen LogP contribution in [0.2, 0.25) is 0 Å². The Morgan fingerprint density at radius 1 is 0.348 bits per heavy atom. The number of thiophene rings is 2. The quantitative estimate of drug-likeness (QED) is 0.195. The minimum Gasteiger partial charge on any atom is -0.456 e. The summed E-state index contributed by atoms with van der Waals surface area (Å²) in [5.41, 5.74) is 8.80. The van der Waals surface area contributed by atoms with Crippen molar-refractivity contribution in [1.29, 1.82) is 0 Å². The van der Waals surface area contributed by atoms with Crippen LogP contribution in [0.4, 0.5) is 0 Å². The molecule has 0 fully saturated rings. The van der Waals surface area contributed by atoms with Gasteiger partial charge in [0.2, 0.25) is 0 Å². The summed E-state index contributed by atoms with van der Waals surface area (Å²) >= 11 is 3.78. The molecule has 0 saturated heterocycles. The van der Waals surface area contributed by atoms with E-state index in [0.717, 1.165) is 44.6 Å². The molecule has 2 nitrogen and oxygen atoms in total. The topological polar surface area (TPSA) is 26.3 Å². The molecule has 0 radical (unpaired) electrons. The molecule has 0 aliphatic heterocycles. The zero-order valence-corrected chi connectivity index (χ0v) is 26.1. The number of fused-ring (bicyclic) bond motifs is 7. The Labute approximate surface area is 272 Å². The van der Waals surface area contributed by atoms with Crippen molar-refractivity contribution in [1.82, 2.24) is 0 Å². The zero-order valence-electron chi connectivity index (χ0n) is 24.5. The second-order valence-electron chi connectivity index (χ2n) is 11.7. The molecule has 0 aliphatic rings. The van der Waals surface area contributed by atoms with Crippen LogP contribution in [-0.4, -0.2) is 0 Å². The van der Waals surface area contributed by atoms with E-state index in [9.17, 15) is 0 Å². The lowest BCUT2D eigenvalue weighted by Gasteiger charge is -2.05. The van der Waals surface area contributed by atoms with Gasteiger partial charge >= 0.3 is 0 Å². The van der Waals surface area contributed by atoms with E-state index in [0.29, 0.717) is 0 Å². The Kier molecular flexibility index (Phi) is 5.65. The minimum atomic E-state index is 0.894. The summed E-state index contributed by atoms with van der Waals surface area (Å²) in [4.78, 5) is 0. The highest BCUT2D eigenvalue weighted by Crippen LogP contribution is 2.46. The Morgan fingerprint density at radius 2 is 0.783 bits per heavy atom. The van der Waals surface area contributed by atoms with Crippen molar-refractivity contribution in [3.63, 3.8) is 0 Å². The maximum Gasteiger partial charge on any atom is 0.135 e.